The van der Waals surface area contributed by atoms with Crippen LogP contribution in [0, 0.1) is 24.0 Å². The first-order valence-electron chi connectivity index (χ1n) is 14.2. The molecule has 0 atom stereocenters. The fourth-order valence-corrected chi connectivity index (χ4v) is 5.59. The van der Waals surface area contributed by atoms with Gasteiger partial charge in [0, 0.05) is 53.9 Å². The number of benzene rings is 3. The van der Waals surface area contributed by atoms with Crippen LogP contribution in [0.3, 0.4) is 0 Å². The molecule has 0 radical (unpaired) electrons. The summed E-state index contributed by atoms with van der Waals surface area (Å²) in [5, 5.41) is 15.8. The number of anilines is 3. The quantitative estimate of drug-likeness (QED) is 0.145. The second-order valence-electron chi connectivity index (χ2n) is 10.2. The predicted molar refractivity (Wildman–Crippen MR) is 174 cm³/mol. The Morgan fingerprint density at radius 2 is 1.64 bits per heavy atom. The highest BCUT2D eigenvalue weighted by Gasteiger charge is 2.36. The number of imide groups is 1. The number of non-ortho nitro benzene ring substituents is 1. The summed E-state index contributed by atoms with van der Waals surface area (Å²) in [4.78, 5) is 64.9. The number of hydrogen-bond donors (Lipinski definition) is 2. The molecule has 1 aliphatic heterocycles. The lowest BCUT2D eigenvalue weighted by Crippen LogP contribution is -2.36. The number of carbonyl (C=O) groups is 4. The molecule has 0 aliphatic carbocycles. The highest BCUT2D eigenvalue weighted by Crippen LogP contribution is 2.35. The molecule has 4 amide bonds. The molecule has 0 unspecified atom stereocenters. The van der Waals surface area contributed by atoms with Gasteiger partial charge in [0.25, 0.3) is 22.7 Å². The van der Waals surface area contributed by atoms with Crippen molar-refractivity contribution in [3.8, 4) is 5.75 Å². The van der Waals surface area contributed by atoms with Crippen LogP contribution >= 0.6 is 11.8 Å². The zero-order chi connectivity index (χ0) is 32.7. The number of carbonyl (C=O) groups excluding carboxylic acids is 4. The van der Waals surface area contributed by atoms with E-state index < -0.39 is 41.0 Å². The number of rotatable bonds is 12. The van der Waals surface area contributed by atoms with Gasteiger partial charge in [-0.15, -0.1) is 0 Å². The summed E-state index contributed by atoms with van der Waals surface area (Å²) in [6.07, 6.45) is 1.49. The van der Waals surface area contributed by atoms with Gasteiger partial charge in [0.1, 0.15) is 12.3 Å². The van der Waals surface area contributed by atoms with Gasteiger partial charge in [0.05, 0.1) is 9.83 Å². The van der Waals surface area contributed by atoms with E-state index in [0.717, 1.165) is 21.7 Å². The average molecular weight is 632 g/mol. The second kappa shape index (κ2) is 14.5. The molecular weight excluding hydrogens is 598 g/mol. The number of aryl methyl sites for hydroxylation is 2. The third kappa shape index (κ3) is 8.48. The van der Waals surface area contributed by atoms with Crippen LogP contribution < -0.4 is 20.3 Å². The molecule has 1 aliphatic rings. The number of nitrogens with zero attached hydrogens (tertiary/aromatic N) is 3. The summed E-state index contributed by atoms with van der Waals surface area (Å²) < 4.78 is 5.88. The number of hydrogen-bond acceptors (Lipinski definition) is 9. The third-order valence-corrected chi connectivity index (χ3v) is 7.70. The molecular formula is C32H33N5O7S. The molecule has 2 N–H and O–H groups in total. The monoisotopic (exact) mass is 631 g/mol. The molecule has 12 nitrogen and oxygen atoms in total. The molecule has 45 heavy (non-hydrogen) atoms. The minimum Gasteiger partial charge on any atom is -0.483 e. The van der Waals surface area contributed by atoms with Gasteiger partial charge >= 0.3 is 0 Å². The van der Waals surface area contributed by atoms with Crippen LogP contribution in [0.5, 0.6) is 5.75 Å². The predicted octanol–water partition coefficient (Wildman–Crippen LogP) is 5.75. The van der Waals surface area contributed by atoms with Crippen LogP contribution in [0.1, 0.15) is 30.5 Å². The highest BCUT2D eigenvalue weighted by atomic mass is 32.2. The summed E-state index contributed by atoms with van der Waals surface area (Å²) in [5.74, 6) is -1.40. The van der Waals surface area contributed by atoms with Crippen LogP contribution in [-0.4, -0.2) is 59.0 Å². The number of amides is 4. The third-order valence-electron chi connectivity index (χ3n) is 6.79. The fourth-order valence-electron chi connectivity index (χ4n) is 4.76. The Morgan fingerprint density at radius 3 is 2.31 bits per heavy atom. The molecule has 3 aromatic rings. The van der Waals surface area contributed by atoms with Gasteiger partial charge in [-0.25, -0.2) is 0 Å². The van der Waals surface area contributed by atoms with Gasteiger partial charge in [0.15, 0.2) is 6.61 Å². The minimum atomic E-state index is -0.622. The number of nitro groups is 1. The molecule has 1 heterocycles. The second-order valence-corrected chi connectivity index (χ2v) is 11.2. The lowest BCUT2D eigenvalue weighted by molar-refractivity contribution is -0.384. The van der Waals surface area contributed by atoms with Crippen molar-refractivity contribution in [1.82, 2.24) is 4.90 Å². The molecule has 0 aromatic heterocycles. The van der Waals surface area contributed by atoms with Crippen LogP contribution in [0.4, 0.5) is 27.5 Å². The standard InChI is InChI=1S/C32H33N5O7S/c1-5-35(6-2)25-11-10-22(27(17-25)44-19-30(39)33-23-8-7-9-26(16-23)37(42)43)15-28-31(40)36(32(41)45-28)18-29(38)34-24-13-20(3)12-21(4)14-24/h7-17H,5-6,18-19H2,1-4H3,(H,33,39)(H,34,38)/b28-15+. The summed E-state index contributed by atoms with van der Waals surface area (Å²) in [5.41, 5.74) is 3.84. The van der Waals surface area contributed by atoms with Crippen molar-refractivity contribution in [3.63, 3.8) is 0 Å². The van der Waals surface area contributed by atoms with Gasteiger partial charge in [0.2, 0.25) is 5.91 Å². The van der Waals surface area contributed by atoms with Crippen LogP contribution in [0.25, 0.3) is 6.08 Å². The van der Waals surface area contributed by atoms with Gasteiger partial charge in [-0.1, -0.05) is 12.1 Å². The van der Waals surface area contributed by atoms with Gasteiger partial charge in [-0.2, -0.15) is 0 Å². The van der Waals surface area contributed by atoms with Gasteiger partial charge in [-0.05, 0) is 87.0 Å². The largest absolute Gasteiger partial charge is 0.483 e. The van der Waals surface area contributed by atoms with E-state index in [9.17, 15) is 29.3 Å². The SMILES string of the molecule is CCN(CC)c1ccc(/C=C2/SC(=O)N(CC(=O)Nc3cc(C)cc(C)c3)C2=O)c(OCC(=O)Nc2cccc([N+](=O)[O-])c2)c1. The van der Waals surface area contributed by atoms with Crippen LogP contribution in [-0.2, 0) is 14.4 Å². The maximum atomic E-state index is 13.2. The molecule has 13 heteroatoms. The van der Waals surface area contributed by atoms with Crippen molar-refractivity contribution >= 4 is 63.5 Å². The minimum absolute atomic E-state index is 0.0979. The van der Waals surface area contributed by atoms with Crippen molar-refractivity contribution in [1.29, 1.82) is 0 Å². The van der Waals surface area contributed by atoms with Gasteiger partial charge in [-0.3, -0.25) is 34.2 Å². The van der Waals surface area contributed by atoms with Crippen LogP contribution in [0.2, 0.25) is 0 Å². The van der Waals surface area contributed by atoms with Gasteiger partial charge < -0.3 is 20.3 Å². The first-order valence-corrected chi connectivity index (χ1v) is 15.0. The number of nitrogens with one attached hydrogen (secondary N) is 2. The molecule has 0 bridgehead atoms. The number of nitro benzene ring substituents is 1. The van der Waals surface area contributed by atoms with E-state index in [2.05, 4.69) is 15.5 Å². The molecule has 1 fully saturated rings. The average Bonchev–Trinajstić information content (AvgIpc) is 3.24. The summed E-state index contributed by atoms with van der Waals surface area (Å²) in [7, 11) is 0. The van der Waals surface area contributed by atoms with E-state index in [1.807, 2.05) is 39.8 Å². The molecule has 234 valence electrons. The lowest BCUT2D eigenvalue weighted by Gasteiger charge is -2.22. The Morgan fingerprint density at radius 1 is 0.956 bits per heavy atom. The zero-order valence-electron chi connectivity index (χ0n) is 25.3. The summed E-state index contributed by atoms with van der Waals surface area (Å²) in [6.45, 7) is 8.35. The van der Waals surface area contributed by atoms with E-state index in [0.29, 0.717) is 36.1 Å². The maximum Gasteiger partial charge on any atom is 0.294 e. The van der Waals surface area contributed by atoms with Crippen LogP contribution in [0.15, 0.2) is 65.6 Å². The van der Waals surface area contributed by atoms with E-state index in [4.69, 9.17) is 4.74 Å². The Hall–Kier alpha value is -5.17. The first-order chi connectivity index (χ1) is 21.5. The Balaban J connectivity index is 1.51. The molecule has 0 spiro atoms. The summed E-state index contributed by atoms with van der Waals surface area (Å²) in [6, 6.07) is 16.4. The molecule has 4 rings (SSSR count). The molecule has 3 aromatic carbocycles. The fraction of sp³-hybridized carbons (Fsp3) is 0.250. The van der Waals surface area contributed by atoms with Crippen molar-refractivity contribution < 1.29 is 28.8 Å². The number of thioether (sulfide) groups is 1. The van der Waals surface area contributed by atoms with E-state index in [1.54, 1.807) is 24.3 Å². The topological polar surface area (TPSA) is 151 Å². The van der Waals surface area contributed by atoms with Crippen molar-refractivity contribution in [3.05, 3.63) is 92.4 Å². The lowest BCUT2D eigenvalue weighted by atomic mass is 10.1. The Labute approximate surface area is 264 Å². The van der Waals surface area contributed by atoms with Crippen molar-refractivity contribution in [2.45, 2.75) is 27.7 Å². The van der Waals surface area contributed by atoms with E-state index in [1.165, 1.54) is 30.3 Å². The Bertz CT molecular complexity index is 1670. The molecule has 1 saturated heterocycles. The van der Waals surface area contributed by atoms with Crippen molar-refractivity contribution in [2.24, 2.45) is 0 Å². The normalized spacial score (nSPS) is 13.6. The first kappa shape index (κ1) is 32.7. The zero-order valence-corrected chi connectivity index (χ0v) is 26.1. The summed E-state index contributed by atoms with van der Waals surface area (Å²) >= 11 is 0.706. The molecule has 0 saturated carbocycles. The van der Waals surface area contributed by atoms with E-state index in [-0.39, 0.29) is 22.0 Å². The Kier molecular flexibility index (Phi) is 10.6. The maximum absolute atomic E-state index is 13.2. The van der Waals surface area contributed by atoms with E-state index >= 15 is 0 Å². The van der Waals surface area contributed by atoms with Crippen molar-refractivity contribution in [2.75, 3.05) is 41.8 Å². The number of ether oxygens (including phenoxy) is 1. The highest BCUT2D eigenvalue weighted by molar-refractivity contribution is 8.18. The smallest absolute Gasteiger partial charge is 0.294 e.